The highest BCUT2D eigenvalue weighted by Gasteiger charge is 2.46. The van der Waals surface area contributed by atoms with Crippen LogP contribution in [0.25, 0.3) is 0 Å². The molecule has 13 heteroatoms. The molecule has 0 saturated carbocycles. The van der Waals surface area contributed by atoms with Crippen molar-refractivity contribution in [2.45, 2.75) is 30.9 Å². The number of aromatic nitrogens is 2. The van der Waals surface area contributed by atoms with Crippen molar-refractivity contribution in [3.8, 4) is 0 Å². The third kappa shape index (κ3) is 4.95. The van der Waals surface area contributed by atoms with E-state index in [0.717, 1.165) is 18.2 Å². The molecule has 0 spiro atoms. The van der Waals surface area contributed by atoms with E-state index in [1.165, 1.54) is 0 Å². The fraction of sp³-hybridized carbons (Fsp3) is 0.238. The number of nitrogens with zero attached hydrogens (tertiary/aromatic N) is 2. The van der Waals surface area contributed by atoms with Crippen LogP contribution in [-0.2, 0) is 6.18 Å². The summed E-state index contributed by atoms with van der Waals surface area (Å²) in [5, 5.41) is 8.77. The van der Waals surface area contributed by atoms with E-state index in [0.29, 0.717) is 21.3 Å². The summed E-state index contributed by atoms with van der Waals surface area (Å²) in [6.07, 6.45) is -9.82. The van der Waals surface area contributed by atoms with Crippen LogP contribution in [-0.4, -0.2) is 21.9 Å². The number of amides is 1. The molecule has 2 N–H and O–H groups in total. The van der Waals surface area contributed by atoms with E-state index in [2.05, 4.69) is 15.7 Å². The maximum absolute atomic E-state index is 13.8. The molecule has 1 aromatic heterocycles. The highest BCUT2D eigenvalue weighted by Crippen LogP contribution is 2.44. The SMILES string of the molecule is O=C(Nc1ccc(Cl)c(C(F)(F)F)c1)c1cc2n(n1)[C@H](C(F)(F)F)C[C@H](c1ccc(Cl)cc1)N2. The predicted molar refractivity (Wildman–Crippen MR) is 114 cm³/mol. The van der Waals surface area contributed by atoms with Gasteiger partial charge in [0, 0.05) is 23.2 Å². The molecule has 0 radical (unpaired) electrons. The van der Waals surface area contributed by atoms with Crippen LogP contribution in [0.1, 0.15) is 40.1 Å². The minimum atomic E-state index is -4.76. The van der Waals surface area contributed by atoms with Crippen molar-refractivity contribution >= 4 is 40.6 Å². The average molecular weight is 523 g/mol. The second-order valence-electron chi connectivity index (χ2n) is 7.55. The Kier molecular flexibility index (Phi) is 6.19. The van der Waals surface area contributed by atoms with Gasteiger partial charge in [-0.2, -0.15) is 31.4 Å². The third-order valence-electron chi connectivity index (χ3n) is 5.22. The molecule has 2 atom stereocenters. The minimum Gasteiger partial charge on any atom is -0.363 e. The van der Waals surface area contributed by atoms with Crippen molar-refractivity contribution < 1.29 is 31.1 Å². The highest BCUT2D eigenvalue weighted by atomic mass is 35.5. The average Bonchev–Trinajstić information content (AvgIpc) is 3.17. The Bertz CT molecular complexity index is 1220. The molecule has 1 aliphatic rings. The molecule has 4 rings (SSSR count). The Morgan fingerprint density at radius 2 is 1.71 bits per heavy atom. The van der Waals surface area contributed by atoms with E-state index in [9.17, 15) is 31.1 Å². The minimum absolute atomic E-state index is 0.0641. The lowest BCUT2D eigenvalue weighted by atomic mass is 9.97. The Morgan fingerprint density at radius 1 is 1.03 bits per heavy atom. The van der Waals surface area contributed by atoms with Crippen LogP contribution in [0.5, 0.6) is 0 Å². The van der Waals surface area contributed by atoms with E-state index in [1.54, 1.807) is 24.3 Å². The Hall–Kier alpha value is -2.92. The summed E-state index contributed by atoms with van der Waals surface area (Å²) in [6.45, 7) is 0. The zero-order valence-electron chi connectivity index (χ0n) is 16.8. The third-order valence-corrected chi connectivity index (χ3v) is 5.81. The van der Waals surface area contributed by atoms with Crippen LogP contribution < -0.4 is 10.6 Å². The molecule has 180 valence electrons. The summed E-state index contributed by atoms with van der Waals surface area (Å²) in [6, 6.07) is 7.33. The normalized spacial score (nSPS) is 18.2. The first-order valence-corrected chi connectivity index (χ1v) is 10.4. The summed E-state index contributed by atoms with van der Waals surface area (Å²) in [4.78, 5) is 12.6. The smallest absolute Gasteiger partial charge is 0.363 e. The van der Waals surface area contributed by atoms with Crippen molar-refractivity contribution in [2.75, 3.05) is 10.6 Å². The molecule has 2 heterocycles. The monoisotopic (exact) mass is 522 g/mol. The van der Waals surface area contributed by atoms with E-state index < -0.39 is 53.0 Å². The Labute approximate surface area is 198 Å². The van der Waals surface area contributed by atoms with Gasteiger partial charge in [0.2, 0.25) is 0 Å². The van der Waals surface area contributed by atoms with Gasteiger partial charge in [0.15, 0.2) is 11.7 Å². The van der Waals surface area contributed by atoms with Gasteiger partial charge in [-0.05, 0) is 35.9 Å². The van der Waals surface area contributed by atoms with Gasteiger partial charge in [0.05, 0.1) is 16.6 Å². The van der Waals surface area contributed by atoms with Gasteiger partial charge in [-0.25, -0.2) is 4.68 Å². The largest absolute Gasteiger partial charge is 0.417 e. The molecule has 3 aromatic rings. The number of carbonyl (C=O) groups is 1. The topological polar surface area (TPSA) is 59.0 Å². The second kappa shape index (κ2) is 8.70. The first-order chi connectivity index (χ1) is 15.8. The van der Waals surface area contributed by atoms with Crippen molar-refractivity contribution in [2.24, 2.45) is 0 Å². The maximum Gasteiger partial charge on any atom is 0.417 e. The Morgan fingerprint density at radius 3 is 2.32 bits per heavy atom. The van der Waals surface area contributed by atoms with Crippen molar-refractivity contribution in [1.82, 2.24) is 9.78 Å². The maximum atomic E-state index is 13.8. The second-order valence-corrected chi connectivity index (χ2v) is 8.39. The molecular weight excluding hydrogens is 509 g/mol. The summed E-state index contributed by atoms with van der Waals surface area (Å²) in [5.74, 6) is -1.05. The van der Waals surface area contributed by atoms with Gasteiger partial charge in [-0.1, -0.05) is 35.3 Å². The van der Waals surface area contributed by atoms with Gasteiger partial charge < -0.3 is 10.6 Å². The van der Waals surface area contributed by atoms with Crippen LogP contribution in [0.2, 0.25) is 10.0 Å². The van der Waals surface area contributed by atoms with Crippen LogP contribution in [0.4, 0.5) is 37.8 Å². The molecule has 0 bridgehead atoms. The first kappa shape index (κ1) is 24.2. The number of hydrogen-bond acceptors (Lipinski definition) is 3. The van der Waals surface area contributed by atoms with Gasteiger partial charge >= 0.3 is 12.4 Å². The van der Waals surface area contributed by atoms with E-state index in [4.69, 9.17) is 23.2 Å². The predicted octanol–water partition coefficient (Wildman–Crippen LogP) is 7.12. The van der Waals surface area contributed by atoms with Gasteiger partial charge in [-0.15, -0.1) is 0 Å². The molecule has 0 aliphatic carbocycles. The van der Waals surface area contributed by atoms with Gasteiger partial charge in [0.1, 0.15) is 5.82 Å². The van der Waals surface area contributed by atoms with Gasteiger partial charge in [0.25, 0.3) is 5.91 Å². The van der Waals surface area contributed by atoms with E-state index in [-0.39, 0.29) is 11.5 Å². The number of nitrogens with one attached hydrogen (secondary N) is 2. The number of anilines is 2. The fourth-order valence-corrected chi connectivity index (χ4v) is 3.96. The van der Waals surface area contributed by atoms with Crippen molar-refractivity contribution in [1.29, 1.82) is 0 Å². The van der Waals surface area contributed by atoms with Crippen LogP contribution in [0.15, 0.2) is 48.5 Å². The molecule has 5 nitrogen and oxygen atoms in total. The molecule has 1 aliphatic heterocycles. The molecule has 1 amide bonds. The van der Waals surface area contributed by atoms with Crippen LogP contribution in [0.3, 0.4) is 0 Å². The summed E-state index contributed by atoms with van der Waals surface area (Å²) >= 11 is 11.4. The molecular formula is C21H14Cl2F6N4O. The fourth-order valence-electron chi connectivity index (χ4n) is 3.61. The lowest BCUT2D eigenvalue weighted by molar-refractivity contribution is -0.173. The number of hydrogen-bond donors (Lipinski definition) is 2. The number of benzene rings is 2. The molecule has 34 heavy (non-hydrogen) atoms. The molecule has 0 saturated heterocycles. The van der Waals surface area contributed by atoms with Crippen LogP contribution >= 0.6 is 23.2 Å². The standard InChI is InChI=1S/C21H14Cl2F6N4O/c22-11-3-1-10(2-4-11)15-8-17(21(27,28)29)33-18(31-15)9-16(32-33)19(34)30-12-5-6-14(23)13(7-12)20(24,25)26/h1-7,9,15,17,31H,8H2,(H,30,34)/t15-,17+/m1/s1. The lowest BCUT2D eigenvalue weighted by Crippen LogP contribution is -2.35. The molecule has 0 fully saturated rings. The quantitative estimate of drug-likeness (QED) is 0.360. The summed E-state index contributed by atoms with van der Waals surface area (Å²) < 4.78 is 81.2. The molecule has 0 unspecified atom stereocenters. The number of carbonyl (C=O) groups excluding carboxylic acids is 1. The zero-order chi connectivity index (χ0) is 24.8. The number of fused-ring (bicyclic) bond motifs is 1. The number of alkyl halides is 6. The summed E-state index contributed by atoms with van der Waals surface area (Å²) in [5.41, 5.74) is -1.26. The highest BCUT2D eigenvalue weighted by molar-refractivity contribution is 6.31. The number of halogens is 8. The lowest BCUT2D eigenvalue weighted by Gasteiger charge is -2.33. The summed E-state index contributed by atoms with van der Waals surface area (Å²) in [7, 11) is 0. The van der Waals surface area contributed by atoms with Gasteiger partial charge in [-0.3, -0.25) is 4.79 Å². The molecule has 2 aromatic carbocycles. The van der Waals surface area contributed by atoms with E-state index in [1.807, 2.05) is 0 Å². The Balaban J connectivity index is 1.63. The van der Waals surface area contributed by atoms with E-state index >= 15 is 0 Å². The first-order valence-electron chi connectivity index (χ1n) is 9.69. The van der Waals surface area contributed by atoms with Crippen molar-refractivity contribution in [3.63, 3.8) is 0 Å². The van der Waals surface area contributed by atoms with Crippen LogP contribution in [0, 0.1) is 0 Å². The number of rotatable bonds is 3. The zero-order valence-corrected chi connectivity index (χ0v) is 18.3. The van der Waals surface area contributed by atoms with Crippen molar-refractivity contribution in [3.05, 3.63) is 75.4 Å².